The lowest BCUT2D eigenvalue weighted by Crippen LogP contribution is -2.44. The molecule has 1 fully saturated rings. The van der Waals surface area contributed by atoms with Gasteiger partial charge in [0, 0.05) is 13.0 Å². The molecule has 1 saturated heterocycles. The highest BCUT2D eigenvalue weighted by molar-refractivity contribution is 7.89. The van der Waals surface area contributed by atoms with Crippen LogP contribution in [0.4, 0.5) is 0 Å². The molecule has 8 heteroatoms. The van der Waals surface area contributed by atoms with Crippen LogP contribution < -0.4 is 10.1 Å². The number of methoxy groups -OCH3 is 1. The fourth-order valence-electron chi connectivity index (χ4n) is 2.94. The van der Waals surface area contributed by atoms with Crippen molar-refractivity contribution in [3.63, 3.8) is 0 Å². The van der Waals surface area contributed by atoms with E-state index >= 15 is 0 Å². The number of carbonyl (C=O) groups excluding carboxylic acids is 2. The van der Waals surface area contributed by atoms with Gasteiger partial charge in [0.05, 0.1) is 24.6 Å². The van der Waals surface area contributed by atoms with E-state index < -0.39 is 16.1 Å². The Morgan fingerprint density at radius 1 is 1.30 bits per heavy atom. The van der Waals surface area contributed by atoms with Crippen LogP contribution in [-0.2, 0) is 19.6 Å². The highest BCUT2D eigenvalue weighted by Crippen LogP contribution is 2.22. The number of ether oxygens (including phenoxy) is 1. The maximum absolute atomic E-state index is 12.8. The molecule has 1 heterocycles. The van der Waals surface area contributed by atoms with E-state index in [-0.39, 0.29) is 29.7 Å². The van der Waals surface area contributed by atoms with Crippen molar-refractivity contribution < 1.29 is 22.7 Å². The van der Waals surface area contributed by atoms with Crippen LogP contribution in [0.3, 0.4) is 0 Å². The van der Waals surface area contributed by atoms with Crippen molar-refractivity contribution in [3.8, 4) is 5.75 Å². The Balaban J connectivity index is 2.04. The Kier molecular flexibility index (Phi) is 7.38. The summed E-state index contributed by atoms with van der Waals surface area (Å²) in [6.07, 6.45) is 2.08. The lowest BCUT2D eigenvalue weighted by molar-refractivity contribution is -0.127. The summed E-state index contributed by atoms with van der Waals surface area (Å²) in [5.41, 5.74) is 0. The highest BCUT2D eigenvalue weighted by Gasteiger charge is 2.32. The average Bonchev–Trinajstić information content (AvgIpc) is 2.82. The number of amides is 1. The van der Waals surface area contributed by atoms with Gasteiger partial charge in [0.25, 0.3) is 0 Å². The minimum Gasteiger partial charge on any atom is -0.497 e. The van der Waals surface area contributed by atoms with Crippen molar-refractivity contribution in [3.05, 3.63) is 24.3 Å². The number of nitrogens with one attached hydrogen (secondary N) is 1. The first-order valence-electron chi connectivity index (χ1n) is 9.20. The molecule has 0 aromatic heterocycles. The molecule has 1 amide bonds. The zero-order valence-electron chi connectivity index (χ0n) is 16.1. The molecular formula is C19H28N2O5S. The summed E-state index contributed by atoms with van der Waals surface area (Å²) >= 11 is 0. The number of rotatable bonds is 7. The molecule has 1 atom stereocenters. The normalized spacial score (nSPS) is 19.0. The molecule has 7 nitrogen and oxygen atoms in total. The molecule has 150 valence electrons. The average molecular weight is 397 g/mol. The van der Waals surface area contributed by atoms with Crippen molar-refractivity contribution >= 4 is 21.7 Å². The van der Waals surface area contributed by atoms with Gasteiger partial charge in [0.15, 0.2) is 5.78 Å². The van der Waals surface area contributed by atoms with Crippen molar-refractivity contribution in [2.75, 3.05) is 20.2 Å². The summed E-state index contributed by atoms with van der Waals surface area (Å²) < 4.78 is 31.9. The Morgan fingerprint density at radius 2 is 1.96 bits per heavy atom. The monoisotopic (exact) mass is 396 g/mol. The van der Waals surface area contributed by atoms with Gasteiger partial charge in [0.1, 0.15) is 5.75 Å². The summed E-state index contributed by atoms with van der Waals surface area (Å²) in [5.74, 6) is 0.534. The van der Waals surface area contributed by atoms with E-state index in [1.807, 2.05) is 13.8 Å². The van der Waals surface area contributed by atoms with Gasteiger partial charge in [-0.15, -0.1) is 0 Å². The summed E-state index contributed by atoms with van der Waals surface area (Å²) in [7, 11) is -2.27. The molecule has 1 unspecified atom stereocenters. The largest absolute Gasteiger partial charge is 0.497 e. The van der Waals surface area contributed by atoms with Crippen molar-refractivity contribution in [1.29, 1.82) is 0 Å². The molecule has 0 bridgehead atoms. The Labute approximate surface area is 161 Å². The van der Waals surface area contributed by atoms with Crippen LogP contribution in [0.15, 0.2) is 29.2 Å². The van der Waals surface area contributed by atoms with Crippen LogP contribution >= 0.6 is 0 Å². The molecular weight excluding hydrogens is 368 g/mol. The molecule has 1 aliphatic rings. The number of ketones is 1. The van der Waals surface area contributed by atoms with Gasteiger partial charge in [-0.25, -0.2) is 8.42 Å². The quantitative estimate of drug-likeness (QED) is 0.761. The van der Waals surface area contributed by atoms with Gasteiger partial charge >= 0.3 is 0 Å². The highest BCUT2D eigenvalue weighted by atomic mass is 32.2. The fraction of sp³-hybridized carbons (Fsp3) is 0.579. The van der Waals surface area contributed by atoms with E-state index in [2.05, 4.69) is 5.32 Å². The predicted octanol–water partition coefficient (Wildman–Crippen LogP) is 1.97. The number of Topliss-reactive ketones (excluding diaryl/α,β-unsaturated/α-hetero) is 1. The number of carbonyl (C=O) groups is 2. The van der Waals surface area contributed by atoms with Crippen LogP contribution in [0.1, 0.15) is 39.5 Å². The van der Waals surface area contributed by atoms with Crippen LogP contribution in [0.25, 0.3) is 0 Å². The van der Waals surface area contributed by atoms with E-state index in [9.17, 15) is 18.0 Å². The van der Waals surface area contributed by atoms with Gasteiger partial charge in [-0.2, -0.15) is 4.31 Å². The minimum atomic E-state index is -3.77. The minimum absolute atomic E-state index is 0.121. The number of benzene rings is 1. The summed E-state index contributed by atoms with van der Waals surface area (Å²) in [6.45, 7) is 4.08. The van der Waals surface area contributed by atoms with Crippen molar-refractivity contribution in [2.24, 2.45) is 5.92 Å². The van der Waals surface area contributed by atoms with E-state index in [1.54, 1.807) is 12.1 Å². The van der Waals surface area contributed by atoms with Gasteiger partial charge in [-0.1, -0.05) is 13.8 Å². The van der Waals surface area contributed by atoms with Gasteiger partial charge in [-0.3, -0.25) is 9.59 Å². The second-order valence-electron chi connectivity index (χ2n) is 7.18. The number of hydrogen-bond acceptors (Lipinski definition) is 5. The third-order valence-corrected chi connectivity index (χ3v) is 6.46. The van der Waals surface area contributed by atoms with Crippen molar-refractivity contribution in [2.45, 2.75) is 50.5 Å². The lowest BCUT2D eigenvalue weighted by Gasteiger charge is -2.20. The molecule has 0 saturated carbocycles. The Bertz CT molecular complexity index is 759. The van der Waals surface area contributed by atoms with E-state index in [0.717, 1.165) is 6.42 Å². The standard InChI is InChI=1S/C19H28N2O5S/c1-14(2)6-11-19(23)20-17-5-4-12-21(13-18(17)22)27(24,25)16-9-7-15(26-3)8-10-16/h7-10,14,17H,4-6,11-13H2,1-3H3,(H,20,23). The number of hydrogen-bond donors (Lipinski definition) is 1. The van der Waals surface area contributed by atoms with E-state index in [1.165, 1.54) is 23.5 Å². The van der Waals surface area contributed by atoms with Crippen molar-refractivity contribution in [1.82, 2.24) is 9.62 Å². The zero-order valence-corrected chi connectivity index (χ0v) is 16.9. The molecule has 0 radical (unpaired) electrons. The third-order valence-electron chi connectivity index (χ3n) is 4.60. The smallest absolute Gasteiger partial charge is 0.243 e. The number of nitrogens with zero attached hydrogens (tertiary/aromatic N) is 1. The molecule has 27 heavy (non-hydrogen) atoms. The fourth-order valence-corrected chi connectivity index (χ4v) is 4.38. The molecule has 2 rings (SSSR count). The second-order valence-corrected chi connectivity index (χ2v) is 9.11. The first-order valence-corrected chi connectivity index (χ1v) is 10.6. The second kappa shape index (κ2) is 9.32. The van der Waals surface area contributed by atoms with Gasteiger partial charge < -0.3 is 10.1 Å². The summed E-state index contributed by atoms with van der Waals surface area (Å²) in [6, 6.07) is 5.46. The SMILES string of the molecule is COc1ccc(S(=O)(=O)N2CCCC(NC(=O)CCC(C)C)C(=O)C2)cc1. The first kappa shape index (κ1) is 21.4. The third kappa shape index (κ3) is 5.77. The van der Waals surface area contributed by atoms with Gasteiger partial charge in [0.2, 0.25) is 15.9 Å². The maximum Gasteiger partial charge on any atom is 0.243 e. The van der Waals surface area contributed by atoms with Crippen LogP contribution in [0.5, 0.6) is 5.75 Å². The zero-order chi connectivity index (χ0) is 20.0. The lowest BCUT2D eigenvalue weighted by atomic mass is 10.1. The Hall–Kier alpha value is -1.93. The van der Waals surface area contributed by atoms with Crippen LogP contribution in [0.2, 0.25) is 0 Å². The van der Waals surface area contributed by atoms with Crippen LogP contribution in [0, 0.1) is 5.92 Å². The molecule has 1 aromatic rings. The van der Waals surface area contributed by atoms with Crippen LogP contribution in [-0.4, -0.2) is 50.7 Å². The van der Waals surface area contributed by atoms with E-state index in [4.69, 9.17) is 4.74 Å². The predicted molar refractivity (Wildman–Crippen MR) is 102 cm³/mol. The maximum atomic E-state index is 12.8. The summed E-state index contributed by atoms with van der Waals surface area (Å²) in [4.78, 5) is 24.7. The van der Waals surface area contributed by atoms with E-state index in [0.29, 0.717) is 30.9 Å². The Morgan fingerprint density at radius 3 is 2.56 bits per heavy atom. The summed E-state index contributed by atoms with van der Waals surface area (Å²) in [5, 5.41) is 2.76. The number of sulfonamides is 1. The first-order chi connectivity index (χ1) is 12.7. The molecule has 1 N–H and O–H groups in total. The van der Waals surface area contributed by atoms with Gasteiger partial charge in [-0.05, 0) is 49.4 Å². The molecule has 1 aromatic carbocycles. The topological polar surface area (TPSA) is 92.8 Å². The molecule has 1 aliphatic heterocycles. The molecule has 0 spiro atoms. The molecule has 0 aliphatic carbocycles.